The number of ether oxygens (including phenoxy) is 2. The number of sulfonamides is 1. The normalized spacial score (nSPS) is 25.6. The van der Waals surface area contributed by atoms with Crippen molar-refractivity contribution >= 4 is 10.0 Å². The molecule has 1 aromatic heterocycles. The highest BCUT2D eigenvalue weighted by molar-refractivity contribution is 7.88. The van der Waals surface area contributed by atoms with E-state index < -0.39 is 10.0 Å². The molecule has 7 heteroatoms. The molecule has 2 aliphatic heterocycles. The molecule has 2 aliphatic rings. The Morgan fingerprint density at radius 3 is 2.68 bits per heavy atom. The molecule has 0 aromatic carbocycles. The molecule has 0 N–H and O–H groups in total. The highest BCUT2D eigenvalue weighted by atomic mass is 32.2. The lowest BCUT2D eigenvalue weighted by atomic mass is 9.89. The van der Waals surface area contributed by atoms with Crippen LogP contribution in [0, 0.1) is 0 Å². The highest BCUT2D eigenvalue weighted by Crippen LogP contribution is 2.37. The molecule has 0 saturated carbocycles. The van der Waals surface area contributed by atoms with E-state index in [4.69, 9.17) is 9.47 Å². The van der Waals surface area contributed by atoms with Gasteiger partial charge in [0.25, 0.3) is 0 Å². The van der Waals surface area contributed by atoms with E-state index >= 15 is 0 Å². The fourth-order valence-electron chi connectivity index (χ4n) is 3.18. The van der Waals surface area contributed by atoms with E-state index in [2.05, 4.69) is 4.98 Å². The van der Waals surface area contributed by atoms with Crippen LogP contribution in [-0.2, 0) is 26.1 Å². The smallest absolute Gasteiger partial charge is 0.211 e. The molecule has 0 aliphatic carbocycles. The molecule has 3 heterocycles. The molecule has 0 radical (unpaired) electrons. The van der Waals surface area contributed by atoms with E-state index in [1.807, 2.05) is 12.1 Å². The van der Waals surface area contributed by atoms with Gasteiger partial charge in [0.15, 0.2) is 0 Å². The summed E-state index contributed by atoms with van der Waals surface area (Å²) >= 11 is 0. The zero-order valence-electron chi connectivity index (χ0n) is 12.8. The minimum atomic E-state index is -3.09. The van der Waals surface area contributed by atoms with E-state index in [-0.39, 0.29) is 11.7 Å². The van der Waals surface area contributed by atoms with E-state index in [0.717, 1.165) is 24.8 Å². The summed E-state index contributed by atoms with van der Waals surface area (Å²) in [5.74, 6) is 0. The number of aromatic nitrogens is 1. The Kier molecular flexibility index (Phi) is 4.49. The third-order valence-electron chi connectivity index (χ3n) is 4.51. The van der Waals surface area contributed by atoms with Crippen molar-refractivity contribution in [1.82, 2.24) is 9.29 Å². The second-order valence-corrected chi connectivity index (χ2v) is 8.13. The molecule has 0 bridgehead atoms. The summed E-state index contributed by atoms with van der Waals surface area (Å²) in [5, 5.41) is 0. The van der Waals surface area contributed by atoms with Gasteiger partial charge in [0.1, 0.15) is 0 Å². The van der Waals surface area contributed by atoms with E-state index in [1.54, 1.807) is 12.4 Å². The summed E-state index contributed by atoms with van der Waals surface area (Å²) in [6.45, 7) is 2.22. The zero-order chi connectivity index (χ0) is 15.6. The van der Waals surface area contributed by atoms with E-state index in [1.165, 1.54) is 10.6 Å². The molecule has 0 amide bonds. The van der Waals surface area contributed by atoms with Gasteiger partial charge in [0, 0.05) is 31.9 Å². The van der Waals surface area contributed by atoms with Gasteiger partial charge in [-0.25, -0.2) is 12.7 Å². The van der Waals surface area contributed by atoms with E-state index in [0.29, 0.717) is 26.3 Å². The summed E-state index contributed by atoms with van der Waals surface area (Å²) < 4.78 is 36.6. The molecule has 122 valence electrons. The van der Waals surface area contributed by atoms with Gasteiger partial charge < -0.3 is 9.47 Å². The standard InChI is InChI=1S/C15H22N2O4S/c1-22(18,19)17-8-4-15(5-9-17)10-14(12-21-15)20-11-13-2-6-16-7-3-13/h2-3,6-7,14H,4-5,8-12H2,1H3/t14-/m1/s1. The van der Waals surface area contributed by atoms with Gasteiger partial charge in [-0.2, -0.15) is 0 Å². The van der Waals surface area contributed by atoms with Crippen molar-refractivity contribution in [2.75, 3.05) is 26.0 Å². The molecule has 6 nitrogen and oxygen atoms in total. The fraction of sp³-hybridized carbons (Fsp3) is 0.667. The third kappa shape index (κ3) is 3.65. The van der Waals surface area contributed by atoms with Crippen molar-refractivity contribution in [2.24, 2.45) is 0 Å². The molecule has 2 fully saturated rings. The maximum Gasteiger partial charge on any atom is 0.211 e. The SMILES string of the molecule is CS(=O)(=O)N1CCC2(CC1)C[C@@H](OCc1ccncc1)CO2. The summed E-state index contributed by atoms with van der Waals surface area (Å²) in [4.78, 5) is 3.99. The quantitative estimate of drug-likeness (QED) is 0.831. The monoisotopic (exact) mass is 326 g/mol. The predicted molar refractivity (Wildman–Crippen MR) is 81.8 cm³/mol. The topological polar surface area (TPSA) is 68.7 Å². The van der Waals surface area contributed by atoms with Crippen molar-refractivity contribution in [3.63, 3.8) is 0 Å². The molecule has 0 unspecified atom stereocenters. The summed E-state index contributed by atoms with van der Waals surface area (Å²) in [5.41, 5.74) is 0.896. The molecule has 2 saturated heterocycles. The first kappa shape index (κ1) is 15.9. The van der Waals surface area contributed by atoms with E-state index in [9.17, 15) is 8.42 Å². The Morgan fingerprint density at radius 2 is 2.05 bits per heavy atom. The lowest BCUT2D eigenvalue weighted by Crippen LogP contribution is -2.46. The van der Waals surface area contributed by atoms with Crippen LogP contribution in [0.3, 0.4) is 0 Å². The largest absolute Gasteiger partial charge is 0.372 e. The van der Waals surface area contributed by atoms with Gasteiger partial charge in [-0.05, 0) is 30.5 Å². The van der Waals surface area contributed by atoms with Crippen molar-refractivity contribution < 1.29 is 17.9 Å². The number of pyridine rings is 1. The first-order valence-corrected chi connectivity index (χ1v) is 9.41. The molecular weight excluding hydrogens is 304 g/mol. The number of nitrogens with zero attached hydrogens (tertiary/aromatic N) is 2. The average molecular weight is 326 g/mol. The van der Waals surface area contributed by atoms with Crippen molar-refractivity contribution in [3.8, 4) is 0 Å². The maximum absolute atomic E-state index is 11.6. The van der Waals surface area contributed by atoms with Gasteiger partial charge in [-0.15, -0.1) is 0 Å². The van der Waals surface area contributed by atoms with Crippen LogP contribution in [0.2, 0.25) is 0 Å². The maximum atomic E-state index is 11.6. The number of piperidine rings is 1. The Hall–Kier alpha value is -1.02. The summed E-state index contributed by atoms with van der Waals surface area (Å²) in [6.07, 6.45) is 7.19. The summed E-state index contributed by atoms with van der Waals surface area (Å²) in [7, 11) is -3.09. The van der Waals surface area contributed by atoms with Crippen molar-refractivity contribution in [2.45, 2.75) is 37.6 Å². The molecule has 22 heavy (non-hydrogen) atoms. The molecule has 1 spiro atoms. The minimum Gasteiger partial charge on any atom is -0.372 e. The average Bonchev–Trinajstić information content (AvgIpc) is 2.89. The van der Waals surface area contributed by atoms with Crippen LogP contribution in [0.25, 0.3) is 0 Å². The molecule has 1 atom stereocenters. The van der Waals surface area contributed by atoms with Crippen LogP contribution >= 0.6 is 0 Å². The Labute approximate surface area is 131 Å². The highest BCUT2D eigenvalue weighted by Gasteiger charge is 2.44. The Balaban J connectivity index is 1.50. The molecular formula is C15H22N2O4S. The van der Waals surface area contributed by atoms with Gasteiger partial charge >= 0.3 is 0 Å². The Bertz CT molecular complexity index is 597. The molecule has 1 aromatic rings. The third-order valence-corrected chi connectivity index (χ3v) is 5.82. The predicted octanol–water partition coefficient (Wildman–Crippen LogP) is 1.18. The Morgan fingerprint density at radius 1 is 1.36 bits per heavy atom. The van der Waals surface area contributed by atoms with Crippen LogP contribution in [0.5, 0.6) is 0 Å². The zero-order valence-corrected chi connectivity index (χ0v) is 13.6. The van der Waals surface area contributed by atoms with Crippen LogP contribution in [0.4, 0.5) is 0 Å². The minimum absolute atomic E-state index is 0.0814. The molecule has 3 rings (SSSR count). The van der Waals surface area contributed by atoms with Crippen LogP contribution in [0.1, 0.15) is 24.8 Å². The first-order chi connectivity index (χ1) is 10.5. The fourth-order valence-corrected chi connectivity index (χ4v) is 4.02. The van der Waals surface area contributed by atoms with Gasteiger partial charge in [0.2, 0.25) is 10.0 Å². The van der Waals surface area contributed by atoms with Gasteiger partial charge in [0.05, 0.1) is 31.2 Å². The number of hydrogen-bond acceptors (Lipinski definition) is 5. The first-order valence-electron chi connectivity index (χ1n) is 7.56. The van der Waals surface area contributed by atoms with Crippen LogP contribution in [-0.4, -0.2) is 55.4 Å². The summed E-state index contributed by atoms with van der Waals surface area (Å²) in [6, 6.07) is 3.88. The van der Waals surface area contributed by atoms with Crippen LogP contribution in [0.15, 0.2) is 24.5 Å². The lowest BCUT2D eigenvalue weighted by molar-refractivity contribution is -0.0342. The number of rotatable bonds is 4. The lowest BCUT2D eigenvalue weighted by Gasteiger charge is -2.37. The van der Waals surface area contributed by atoms with Gasteiger partial charge in [-0.3, -0.25) is 4.98 Å². The van der Waals surface area contributed by atoms with Crippen LogP contribution < -0.4 is 0 Å². The van der Waals surface area contributed by atoms with Crippen molar-refractivity contribution in [1.29, 1.82) is 0 Å². The second-order valence-electron chi connectivity index (χ2n) is 6.15. The van der Waals surface area contributed by atoms with Gasteiger partial charge in [-0.1, -0.05) is 0 Å². The number of hydrogen-bond donors (Lipinski definition) is 0. The second kappa shape index (κ2) is 6.23. The van der Waals surface area contributed by atoms with Crippen molar-refractivity contribution in [3.05, 3.63) is 30.1 Å².